The second-order valence-electron chi connectivity index (χ2n) is 5.50. The minimum Gasteiger partial charge on any atom is -0.354 e. The van der Waals surface area contributed by atoms with Crippen molar-refractivity contribution in [2.45, 2.75) is 25.9 Å². The summed E-state index contributed by atoms with van der Waals surface area (Å²) in [5.74, 6) is 0.969. The van der Waals surface area contributed by atoms with Crippen LogP contribution in [0.25, 0.3) is 10.9 Å². The zero-order valence-corrected chi connectivity index (χ0v) is 12.2. The number of benzene rings is 1. The molecule has 1 aliphatic heterocycles. The van der Waals surface area contributed by atoms with Crippen molar-refractivity contribution in [2.24, 2.45) is 5.73 Å². The van der Waals surface area contributed by atoms with E-state index in [1.807, 2.05) is 18.2 Å². The van der Waals surface area contributed by atoms with Crippen molar-refractivity contribution >= 4 is 22.6 Å². The summed E-state index contributed by atoms with van der Waals surface area (Å²) in [4.78, 5) is 18.2. The van der Waals surface area contributed by atoms with E-state index in [1.165, 1.54) is 0 Å². The lowest BCUT2D eigenvalue weighted by atomic mass is 10.1. The first-order chi connectivity index (χ1) is 10.2. The maximum Gasteiger partial charge on any atom is 0.217 e. The lowest BCUT2D eigenvalue weighted by molar-refractivity contribution is -0.119. The van der Waals surface area contributed by atoms with Gasteiger partial charge in [0.2, 0.25) is 5.91 Å². The van der Waals surface area contributed by atoms with E-state index in [2.05, 4.69) is 22.3 Å². The minimum atomic E-state index is 0.0207. The van der Waals surface area contributed by atoms with Gasteiger partial charge in [-0.2, -0.15) is 0 Å². The standard InChI is InChI=1S/C16H20N4O/c1-11(21)18-14-6-7-20(10-14)16-13(9-17)8-12-4-2-3-5-15(12)19-16/h2-5,8,14H,6-7,9-10,17H2,1H3,(H,18,21). The van der Waals surface area contributed by atoms with E-state index in [1.54, 1.807) is 6.92 Å². The topological polar surface area (TPSA) is 71.2 Å². The third-order valence-electron chi connectivity index (χ3n) is 3.90. The predicted molar refractivity (Wildman–Crippen MR) is 84.1 cm³/mol. The van der Waals surface area contributed by atoms with Gasteiger partial charge < -0.3 is 16.0 Å². The Labute approximate surface area is 124 Å². The van der Waals surface area contributed by atoms with Gasteiger partial charge in [-0.1, -0.05) is 18.2 Å². The summed E-state index contributed by atoms with van der Waals surface area (Å²) in [5, 5.41) is 4.09. The molecule has 1 amide bonds. The molecule has 21 heavy (non-hydrogen) atoms. The number of aromatic nitrogens is 1. The lowest BCUT2D eigenvalue weighted by Gasteiger charge is -2.21. The molecule has 3 N–H and O–H groups in total. The van der Waals surface area contributed by atoms with Crippen molar-refractivity contribution in [1.29, 1.82) is 0 Å². The summed E-state index contributed by atoms with van der Waals surface area (Å²) in [6.45, 7) is 3.71. The Kier molecular flexibility index (Phi) is 3.75. The number of para-hydroxylation sites is 1. The smallest absolute Gasteiger partial charge is 0.217 e. The molecule has 1 aromatic heterocycles. The molecule has 1 atom stereocenters. The van der Waals surface area contributed by atoms with Crippen LogP contribution in [0.2, 0.25) is 0 Å². The molecule has 0 spiro atoms. The molecule has 1 aliphatic rings. The number of pyridine rings is 1. The van der Waals surface area contributed by atoms with E-state index in [4.69, 9.17) is 10.7 Å². The number of carbonyl (C=O) groups is 1. The minimum absolute atomic E-state index is 0.0207. The van der Waals surface area contributed by atoms with Gasteiger partial charge >= 0.3 is 0 Å². The number of nitrogens with zero attached hydrogens (tertiary/aromatic N) is 2. The quantitative estimate of drug-likeness (QED) is 0.894. The van der Waals surface area contributed by atoms with Gasteiger partial charge in [0.15, 0.2) is 0 Å². The fourth-order valence-corrected chi connectivity index (χ4v) is 2.93. The molecule has 3 rings (SSSR count). The van der Waals surface area contributed by atoms with Gasteiger partial charge in [0.1, 0.15) is 5.82 Å². The van der Waals surface area contributed by atoms with Crippen LogP contribution < -0.4 is 16.0 Å². The molecule has 2 aromatic rings. The van der Waals surface area contributed by atoms with Gasteiger partial charge in [0.05, 0.1) is 5.52 Å². The molecule has 1 fully saturated rings. The number of nitrogens with two attached hydrogens (primary N) is 1. The fraction of sp³-hybridized carbons (Fsp3) is 0.375. The number of amides is 1. The summed E-state index contributed by atoms with van der Waals surface area (Å²) in [6, 6.07) is 10.4. The van der Waals surface area contributed by atoms with Crippen molar-refractivity contribution in [3.05, 3.63) is 35.9 Å². The van der Waals surface area contributed by atoms with Gasteiger partial charge in [-0.25, -0.2) is 4.98 Å². The largest absolute Gasteiger partial charge is 0.354 e. The van der Waals surface area contributed by atoms with Crippen molar-refractivity contribution < 1.29 is 4.79 Å². The Hall–Kier alpha value is -2.14. The highest BCUT2D eigenvalue weighted by Crippen LogP contribution is 2.26. The Morgan fingerprint density at radius 1 is 1.48 bits per heavy atom. The van der Waals surface area contributed by atoms with E-state index in [-0.39, 0.29) is 11.9 Å². The maximum absolute atomic E-state index is 11.2. The number of fused-ring (bicyclic) bond motifs is 1. The number of nitrogens with one attached hydrogen (secondary N) is 1. The summed E-state index contributed by atoms with van der Waals surface area (Å²) in [7, 11) is 0. The molecular weight excluding hydrogens is 264 g/mol. The van der Waals surface area contributed by atoms with Crippen LogP contribution in [-0.4, -0.2) is 30.0 Å². The number of anilines is 1. The molecule has 1 unspecified atom stereocenters. The Morgan fingerprint density at radius 2 is 2.29 bits per heavy atom. The van der Waals surface area contributed by atoms with Gasteiger partial charge in [-0.15, -0.1) is 0 Å². The summed E-state index contributed by atoms with van der Waals surface area (Å²) >= 11 is 0. The third-order valence-corrected chi connectivity index (χ3v) is 3.90. The molecule has 5 nitrogen and oxygen atoms in total. The van der Waals surface area contributed by atoms with Crippen molar-refractivity contribution in [1.82, 2.24) is 10.3 Å². The molecule has 0 saturated carbocycles. The summed E-state index contributed by atoms with van der Waals surface area (Å²) in [6.07, 6.45) is 0.943. The van der Waals surface area contributed by atoms with Crippen LogP contribution in [0.5, 0.6) is 0 Å². The van der Waals surface area contributed by atoms with Gasteiger partial charge in [0, 0.05) is 43.5 Å². The Balaban J connectivity index is 1.91. The molecule has 5 heteroatoms. The Morgan fingerprint density at radius 3 is 3.05 bits per heavy atom. The number of carbonyl (C=O) groups excluding carboxylic acids is 1. The van der Waals surface area contributed by atoms with Crippen LogP contribution in [0.3, 0.4) is 0 Å². The molecule has 0 aliphatic carbocycles. The van der Waals surface area contributed by atoms with E-state index in [0.717, 1.165) is 41.8 Å². The van der Waals surface area contributed by atoms with Gasteiger partial charge in [0.25, 0.3) is 0 Å². The van der Waals surface area contributed by atoms with Crippen LogP contribution in [0.15, 0.2) is 30.3 Å². The first-order valence-corrected chi connectivity index (χ1v) is 7.28. The number of hydrogen-bond donors (Lipinski definition) is 2. The van der Waals surface area contributed by atoms with Crippen LogP contribution in [0.4, 0.5) is 5.82 Å². The van der Waals surface area contributed by atoms with E-state index in [9.17, 15) is 4.79 Å². The highest BCUT2D eigenvalue weighted by molar-refractivity contribution is 5.82. The average Bonchev–Trinajstić information content (AvgIpc) is 2.93. The monoisotopic (exact) mass is 284 g/mol. The first-order valence-electron chi connectivity index (χ1n) is 7.28. The van der Waals surface area contributed by atoms with E-state index < -0.39 is 0 Å². The van der Waals surface area contributed by atoms with Crippen LogP contribution >= 0.6 is 0 Å². The second-order valence-corrected chi connectivity index (χ2v) is 5.50. The number of rotatable bonds is 3. The van der Waals surface area contributed by atoms with Crippen molar-refractivity contribution in [3.63, 3.8) is 0 Å². The summed E-state index contributed by atoms with van der Waals surface area (Å²) in [5.41, 5.74) is 7.92. The first kappa shape index (κ1) is 13.8. The summed E-state index contributed by atoms with van der Waals surface area (Å²) < 4.78 is 0. The number of hydrogen-bond acceptors (Lipinski definition) is 4. The van der Waals surface area contributed by atoms with Gasteiger partial charge in [-0.3, -0.25) is 4.79 Å². The molecule has 110 valence electrons. The van der Waals surface area contributed by atoms with Crippen LogP contribution in [0.1, 0.15) is 18.9 Å². The molecule has 2 heterocycles. The molecular formula is C16H20N4O. The zero-order chi connectivity index (χ0) is 14.8. The van der Waals surface area contributed by atoms with Crippen molar-refractivity contribution in [2.75, 3.05) is 18.0 Å². The van der Waals surface area contributed by atoms with E-state index >= 15 is 0 Å². The zero-order valence-electron chi connectivity index (χ0n) is 12.2. The SMILES string of the molecule is CC(=O)NC1CCN(c2nc3ccccc3cc2CN)C1. The second kappa shape index (κ2) is 5.69. The lowest BCUT2D eigenvalue weighted by Crippen LogP contribution is -2.36. The highest BCUT2D eigenvalue weighted by Gasteiger charge is 2.25. The molecule has 0 bridgehead atoms. The molecule has 1 saturated heterocycles. The van der Waals surface area contributed by atoms with Crippen molar-refractivity contribution in [3.8, 4) is 0 Å². The highest BCUT2D eigenvalue weighted by atomic mass is 16.1. The van der Waals surface area contributed by atoms with E-state index in [0.29, 0.717) is 6.54 Å². The van der Waals surface area contributed by atoms with Crippen LogP contribution in [-0.2, 0) is 11.3 Å². The fourth-order valence-electron chi connectivity index (χ4n) is 2.93. The third kappa shape index (κ3) is 2.83. The van der Waals surface area contributed by atoms with Crippen LogP contribution in [0, 0.1) is 0 Å². The average molecular weight is 284 g/mol. The molecule has 0 radical (unpaired) electrons. The maximum atomic E-state index is 11.2. The predicted octanol–water partition coefficient (Wildman–Crippen LogP) is 1.41. The van der Waals surface area contributed by atoms with Gasteiger partial charge in [-0.05, 0) is 18.6 Å². The Bertz CT molecular complexity index is 670. The normalized spacial score (nSPS) is 18.2. The molecule has 1 aromatic carbocycles.